The molecule has 0 aromatic rings. The van der Waals surface area contributed by atoms with Crippen LogP contribution in [0.2, 0.25) is 0 Å². The van der Waals surface area contributed by atoms with E-state index in [1.807, 2.05) is 13.8 Å². The zero-order valence-corrected chi connectivity index (χ0v) is 8.12. The topological polar surface area (TPSA) is 40.9 Å². The fourth-order valence-corrected chi connectivity index (χ4v) is 3.43. The highest BCUT2D eigenvalue weighted by atomic mass is 32.2. The smallest absolute Gasteiger partial charge is 0.0494 e. The van der Waals surface area contributed by atoms with Gasteiger partial charge in [0, 0.05) is 20.2 Å². The van der Waals surface area contributed by atoms with Gasteiger partial charge in [0.05, 0.1) is 0 Å². The molecule has 1 rings (SSSR count). The van der Waals surface area contributed by atoms with Crippen molar-refractivity contribution >= 4 is 9.73 Å². The van der Waals surface area contributed by atoms with Crippen molar-refractivity contribution in [3.05, 3.63) is 0 Å². The Morgan fingerprint density at radius 3 is 2.18 bits per heavy atom. The molecule has 0 amide bonds. The summed E-state index contributed by atoms with van der Waals surface area (Å²) in [6.45, 7) is 3.79. The van der Waals surface area contributed by atoms with Crippen molar-refractivity contribution in [3.63, 3.8) is 0 Å². The Bertz CT molecular complexity index is 212. The number of hydrogen-bond donors (Lipinski definition) is 1. The average Bonchev–Trinajstić information content (AvgIpc) is 2.37. The SMILES string of the molecule is CC(C)[S@](=N)(=O)C1CCCC1. The van der Waals surface area contributed by atoms with Gasteiger partial charge in [0.25, 0.3) is 0 Å². The third kappa shape index (κ3) is 1.75. The van der Waals surface area contributed by atoms with Crippen molar-refractivity contribution in [1.82, 2.24) is 0 Å². The van der Waals surface area contributed by atoms with Crippen LogP contribution in [0.5, 0.6) is 0 Å². The van der Waals surface area contributed by atoms with E-state index in [2.05, 4.69) is 0 Å². The third-order valence-corrected chi connectivity index (χ3v) is 5.36. The van der Waals surface area contributed by atoms with Crippen LogP contribution in [0.4, 0.5) is 0 Å². The molecule has 1 aliphatic carbocycles. The molecule has 1 atom stereocenters. The lowest BCUT2D eigenvalue weighted by Gasteiger charge is -2.17. The highest BCUT2D eigenvalue weighted by molar-refractivity contribution is 7.93. The van der Waals surface area contributed by atoms with Crippen LogP contribution >= 0.6 is 0 Å². The molecule has 0 unspecified atom stereocenters. The van der Waals surface area contributed by atoms with Crippen LogP contribution < -0.4 is 0 Å². The molecule has 1 N–H and O–H groups in total. The van der Waals surface area contributed by atoms with E-state index in [1.54, 1.807) is 0 Å². The Kier molecular flexibility index (Phi) is 2.58. The second-order valence-electron chi connectivity index (χ2n) is 3.60. The van der Waals surface area contributed by atoms with Crippen LogP contribution in [0, 0.1) is 4.78 Å². The molecule has 0 spiro atoms. The van der Waals surface area contributed by atoms with Crippen LogP contribution in [0.15, 0.2) is 0 Å². The molecule has 0 radical (unpaired) electrons. The van der Waals surface area contributed by atoms with E-state index in [0.29, 0.717) is 0 Å². The van der Waals surface area contributed by atoms with Gasteiger partial charge in [-0.25, -0.2) is 4.21 Å². The van der Waals surface area contributed by atoms with Crippen LogP contribution in [0.3, 0.4) is 0 Å². The Morgan fingerprint density at radius 1 is 1.36 bits per heavy atom. The maximum absolute atomic E-state index is 11.8. The highest BCUT2D eigenvalue weighted by Gasteiger charge is 2.27. The molecule has 11 heavy (non-hydrogen) atoms. The second-order valence-corrected chi connectivity index (χ2v) is 6.51. The van der Waals surface area contributed by atoms with Gasteiger partial charge in [0.2, 0.25) is 0 Å². The number of rotatable bonds is 2. The zero-order valence-electron chi connectivity index (χ0n) is 7.30. The average molecular weight is 175 g/mol. The molecule has 0 saturated heterocycles. The summed E-state index contributed by atoms with van der Waals surface area (Å²) in [5, 5.41) is 0.230. The van der Waals surface area contributed by atoms with E-state index >= 15 is 0 Å². The lowest BCUT2D eigenvalue weighted by Crippen LogP contribution is -2.24. The zero-order chi connectivity index (χ0) is 8.48. The monoisotopic (exact) mass is 175 g/mol. The van der Waals surface area contributed by atoms with Gasteiger partial charge in [0.15, 0.2) is 0 Å². The Labute approximate surface area is 69.4 Å². The first-order chi connectivity index (χ1) is 5.05. The van der Waals surface area contributed by atoms with Gasteiger partial charge in [-0.2, -0.15) is 0 Å². The van der Waals surface area contributed by atoms with E-state index in [0.717, 1.165) is 12.8 Å². The van der Waals surface area contributed by atoms with E-state index in [4.69, 9.17) is 4.78 Å². The van der Waals surface area contributed by atoms with Crippen molar-refractivity contribution in [2.45, 2.75) is 50.0 Å². The van der Waals surface area contributed by atoms with Gasteiger partial charge < -0.3 is 0 Å². The van der Waals surface area contributed by atoms with E-state index in [1.165, 1.54) is 12.8 Å². The first kappa shape index (κ1) is 9.04. The minimum absolute atomic E-state index is 0.0330. The molecule has 2 nitrogen and oxygen atoms in total. The molecule has 0 aromatic carbocycles. The lowest BCUT2D eigenvalue weighted by molar-refractivity contribution is 0.651. The molecule has 66 valence electrons. The van der Waals surface area contributed by atoms with Crippen molar-refractivity contribution in [3.8, 4) is 0 Å². The van der Waals surface area contributed by atoms with E-state index < -0.39 is 9.73 Å². The molecule has 0 aromatic heterocycles. The summed E-state index contributed by atoms with van der Waals surface area (Å²) >= 11 is 0. The van der Waals surface area contributed by atoms with Crippen molar-refractivity contribution in [1.29, 1.82) is 4.78 Å². The predicted molar refractivity (Wildman–Crippen MR) is 48.3 cm³/mol. The quantitative estimate of drug-likeness (QED) is 0.687. The minimum atomic E-state index is -2.28. The maximum atomic E-state index is 11.8. The first-order valence-electron chi connectivity index (χ1n) is 4.31. The molecular weight excluding hydrogens is 158 g/mol. The standard InChI is InChI=1S/C8H17NOS/c1-7(2)11(9,10)8-5-3-4-6-8/h7-9H,3-6H2,1-2H3/t11-/m0/s1. The molecule has 1 fully saturated rings. The van der Waals surface area contributed by atoms with Crippen LogP contribution in [-0.2, 0) is 9.73 Å². The van der Waals surface area contributed by atoms with Crippen LogP contribution in [0.1, 0.15) is 39.5 Å². The Morgan fingerprint density at radius 2 is 1.82 bits per heavy atom. The molecule has 3 heteroatoms. The van der Waals surface area contributed by atoms with Crippen LogP contribution in [-0.4, -0.2) is 14.7 Å². The summed E-state index contributed by atoms with van der Waals surface area (Å²) in [5.41, 5.74) is 0. The molecule has 0 heterocycles. The van der Waals surface area contributed by atoms with Gasteiger partial charge in [0.1, 0.15) is 0 Å². The normalized spacial score (nSPS) is 25.7. The summed E-state index contributed by atoms with van der Waals surface area (Å²) < 4.78 is 19.5. The van der Waals surface area contributed by atoms with Crippen LogP contribution in [0.25, 0.3) is 0 Å². The predicted octanol–water partition coefficient (Wildman–Crippen LogP) is 2.38. The van der Waals surface area contributed by atoms with Crippen molar-refractivity contribution in [2.24, 2.45) is 0 Å². The third-order valence-electron chi connectivity index (χ3n) is 2.50. The first-order valence-corrected chi connectivity index (χ1v) is 6.00. The van der Waals surface area contributed by atoms with Gasteiger partial charge >= 0.3 is 0 Å². The maximum Gasteiger partial charge on any atom is 0.0494 e. The van der Waals surface area contributed by atoms with Crippen molar-refractivity contribution in [2.75, 3.05) is 0 Å². The van der Waals surface area contributed by atoms with Crippen molar-refractivity contribution < 1.29 is 4.21 Å². The Hall–Kier alpha value is -0.0500. The fourth-order valence-electron chi connectivity index (χ4n) is 1.62. The fraction of sp³-hybridized carbons (Fsp3) is 1.00. The molecular formula is C8H17NOS. The highest BCUT2D eigenvalue weighted by Crippen LogP contribution is 2.27. The number of nitrogens with one attached hydrogen (secondary N) is 1. The van der Waals surface area contributed by atoms with Gasteiger partial charge in [-0.15, -0.1) is 0 Å². The summed E-state index contributed by atoms with van der Waals surface area (Å²) in [6.07, 6.45) is 4.38. The van der Waals surface area contributed by atoms with E-state index in [9.17, 15) is 4.21 Å². The summed E-state index contributed by atoms with van der Waals surface area (Å²) in [4.78, 5) is 0. The van der Waals surface area contributed by atoms with Gasteiger partial charge in [-0.05, 0) is 12.8 Å². The molecule has 1 saturated carbocycles. The molecule has 0 aliphatic heterocycles. The summed E-state index contributed by atoms with van der Waals surface area (Å²) in [7, 11) is -2.28. The minimum Gasteiger partial charge on any atom is -0.252 e. The van der Waals surface area contributed by atoms with E-state index in [-0.39, 0.29) is 10.5 Å². The summed E-state index contributed by atoms with van der Waals surface area (Å²) in [5.74, 6) is 0. The Balaban J connectivity index is 2.72. The second kappa shape index (κ2) is 3.13. The number of hydrogen-bond acceptors (Lipinski definition) is 2. The molecule has 0 bridgehead atoms. The van der Waals surface area contributed by atoms with Gasteiger partial charge in [-0.3, -0.25) is 4.78 Å². The largest absolute Gasteiger partial charge is 0.252 e. The summed E-state index contributed by atoms with van der Waals surface area (Å²) in [6, 6.07) is 0. The molecule has 1 aliphatic rings. The van der Waals surface area contributed by atoms with Gasteiger partial charge in [-0.1, -0.05) is 26.7 Å². The lowest BCUT2D eigenvalue weighted by atomic mass is 10.4.